The molecule has 0 fully saturated rings. The van der Waals surface area contributed by atoms with Gasteiger partial charge in [-0.15, -0.1) is 10.2 Å². The number of ketones is 1. The van der Waals surface area contributed by atoms with Crippen LogP contribution in [-0.2, 0) is 4.79 Å². The minimum atomic E-state index is -0.375. The van der Waals surface area contributed by atoms with Crippen LogP contribution in [0.2, 0.25) is 0 Å². The van der Waals surface area contributed by atoms with Crippen molar-refractivity contribution >= 4 is 17.7 Å². The summed E-state index contributed by atoms with van der Waals surface area (Å²) in [7, 11) is 0. The van der Waals surface area contributed by atoms with E-state index >= 15 is 0 Å². The van der Waals surface area contributed by atoms with Gasteiger partial charge < -0.3 is 5.11 Å². The lowest BCUT2D eigenvalue weighted by molar-refractivity contribution is -0.113. The van der Waals surface area contributed by atoms with Gasteiger partial charge in [-0.25, -0.2) is 4.79 Å². The molecule has 158 valence electrons. The monoisotopic (exact) mass is 418 g/mol. The summed E-state index contributed by atoms with van der Waals surface area (Å²) < 4.78 is 2.53. The molecule has 0 saturated heterocycles. The van der Waals surface area contributed by atoms with Crippen molar-refractivity contribution in [3.63, 3.8) is 0 Å². The van der Waals surface area contributed by atoms with Gasteiger partial charge in [-0.05, 0) is 50.6 Å². The maximum absolute atomic E-state index is 12.7. The highest BCUT2D eigenvalue weighted by Gasteiger charge is 2.10. The summed E-state index contributed by atoms with van der Waals surface area (Å²) in [6.07, 6.45) is 1.54. The number of Topliss-reactive ketones (excluding diaryl/α,β-unsaturated/α-hetero) is 1. The zero-order valence-electron chi connectivity index (χ0n) is 17.6. The quantitative estimate of drug-likeness (QED) is 0.282. The van der Waals surface area contributed by atoms with Crippen LogP contribution in [0.25, 0.3) is 5.69 Å². The SMILES string of the molecule is CC(=O)/C(N=Nc1ccc(/C=N/n2c(C)nn(-c3ccc(C)cc3)c2=O)cc1)=C(\C)O. The zero-order valence-corrected chi connectivity index (χ0v) is 17.6. The fraction of sp³-hybridized carbons (Fsp3) is 0.182. The number of hydrogen-bond acceptors (Lipinski definition) is 7. The molecule has 1 aromatic heterocycles. The number of carbonyl (C=O) groups is 1. The first-order valence-electron chi connectivity index (χ1n) is 9.49. The molecule has 9 heteroatoms. The molecule has 1 heterocycles. The summed E-state index contributed by atoms with van der Waals surface area (Å²) >= 11 is 0. The topological polar surface area (TPSA) is 114 Å². The number of aliphatic hydroxyl groups is 1. The van der Waals surface area contributed by atoms with E-state index < -0.39 is 0 Å². The van der Waals surface area contributed by atoms with Gasteiger partial charge in [0.25, 0.3) is 0 Å². The Morgan fingerprint density at radius 1 is 1.03 bits per heavy atom. The summed E-state index contributed by atoms with van der Waals surface area (Å²) in [6, 6.07) is 14.3. The number of azo groups is 1. The Morgan fingerprint density at radius 3 is 2.26 bits per heavy atom. The summed E-state index contributed by atoms with van der Waals surface area (Å²) in [5.41, 5.74) is 2.53. The Morgan fingerprint density at radius 2 is 1.68 bits per heavy atom. The van der Waals surface area contributed by atoms with Gasteiger partial charge in [-0.2, -0.15) is 19.6 Å². The first kappa shape index (κ1) is 21.6. The molecule has 0 aliphatic heterocycles. The van der Waals surface area contributed by atoms with Gasteiger partial charge >= 0.3 is 5.69 Å². The first-order chi connectivity index (χ1) is 14.8. The van der Waals surface area contributed by atoms with Crippen molar-refractivity contribution in [2.45, 2.75) is 27.7 Å². The van der Waals surface area contributed by atoms with Crippen LogP contribution < -0.4 is 5.69 Å². The van der Waals surface area contributed by atoms with Crippen LogP contribution in [0.4, 0.5) is 5.69 Å². The molecule has 3 rings (SSSR count). The van der Waals surface area contributed by atoms with Crippen LogP contribution in [0, 0.1) is 13.8 Å². The maximum atomic E-state index is 12.7. The average Bonchev–Trinajstić information content (AvgIpc) is 3.01. The van der Waals surface area contributed by atoms with E-state index in [2.05, 4.69) is 20.4 Å². The number of aliphatic hydroxyl groups excluding tert-OH is 1. The van der Waals surface area contributed by atoms with Crippen molar-refractivity contribution in [2.24, 2.45) is 15.3 Å². The van der Waals surface area contributed by atoms with E-state index in [0.29, 0.717) is 17.2 Å². The highest BCUT2D eigenvalue weighted by atomic mass is 16.3. The molecule has 0 atom stereocenters. The van der Waals surface area contributed by atoms with E-state index in [1.54, 1.807) is 31.2 Å². The summed E-state index contributed by atoms with van der Waals surface area (Å²) in [4.78, 5) is 24.1. The van der Waals surface area contributed by atoms with Crippen LogP contribution >= 0.6 is 0 Å². The molecule has 9 nitrogen and oxygen atoms in total. The molecule has 0 spiro atoms. The van der Waals surface area contributed by atoms with Gasteiger partial charge in [0.1, 0.15) is 5.76 Å². The molecular formula is C22H22N6O3. The fourth-order valence-corrected chi connectivity index (χ4v) is 2.70. The van der Waals surface area contributed by atoms with E-state index in [-0.39, 0.29) is 22.9 Å². The second kappa shape index (κ2) is 9.12. The van der Waals surface area contributed by atoms with Gasteiger partial charge in [-0.1, -0.05) is 29.8 Å². The first-order valence-corrected chi connectivity index (χ1v) is 9.49. The minimum Gasteiger partial charge on any atom is -0.510 e. The van der Waals surface area contributed by atoms with Crippen LogP contribution in [0.5, 0.6) is 0 Å². The summed E-state index contributed by atoms with van der Waals surface area (Å²) in [6.45, 7) is 6.36. The van der Waals surface area contributed by atoms with Gasteiger partial charge in [0.15, 0.2) is 17.3 Å². The molecule has 0 amide bonds. The van der Waals surface area contributed by atoms with Crippen LogP contribution in [0.1, 0.15) is 30.8 Å². The molecule has 3 aromatic rings. The average molecular weight is 418 g/mol. The highest BCUT2D eigenvalue weighted by Crippen LogP contribution is 2.16. The van der Waals surface area contributed by atoms with Crippen molar-refractivity contribution in [1.82, 2.24) is 14.5 Å². The van der Waals surface area contributed by atoms with E-state index in [9.17, 15) is 14.7 Å². The fourth-order valence-electron chi connectivity index (χ4n) is 2.70. The molecule has 0 bridgehead atoms. The minimum absolute atomic E-state index is 0.0916. The Labute approximate surface area is 178 Å². The number of rotatable bonds is 6. The Hall–Kier alpha value is -4.14. The van der Waals surface area contributed by atoms with E-state index in [1.165, 1.54) is 29.4 Å². The third-order valence-corrected chi connectivity index (χ3v) is 4.35. The third kappa shape index (κ3) is 5.08. The van der Waals surface area contributed by atoms with Crippen LogP contribution in [0.3, 0.4) is 0 Å². The number of aryl methyl sites for hydroxylation is 2. The Bertz CT molecular complexity index is 1240. The molecule has 2 aromatic carbocycles. The molecule has 0 aliphatic carbocycles. The van der Waals surface area contributed by atoms with E-state index in [1.807, 2.05) is 31.2 Å². The largest absolute Gasteiger partial charge is 0.510 e. The molecular weight excluding hydrogens is 396 g/mol. The van der Waals surface area contributed by atoms with Crippen molar-refractivity contribution in [3.8, 4) is 5.69 Å². The molecule has 0 aliphatic rings. The number of aromatic nitrogens is 3. The second-order valence-corrected chi connectivity index (χ2v) is 6.92. The third-order valence-electron chi connectivity index (χ3n) is 4.35. The predicted molar refractivity (Wildman–Crippen MR) is 117 cm³/mol. The molecule has 1 N–H and O–H groups in total. The van der Waals surface area contributed by atoms with Crippen LogP contribution in [-0.4, -0.2) is 31.6 Å². The molecule has 0 saturated carbocycles. The normalized spacial score (nSPS) is 12.5. The molecule has 31 heavy (non-hydrogen) atoms. The van der Waals surface area contributed by atoms with Gasteiger partial charge in [0.05, 0.1) is 17.6 Å². The predicted octanol–water partition coefficient (Wildman–Crippen LogP) is 4.00. The second-order valence-electron chi connectivity index (χ2n) is 6.92. The smallest absolute Gasteiger partial charge is 0.371 e. The Kier molecular flexibility index (Phi) is 6.35. The van der Waals surface area contributed by atoms with E-state index in [0.717, 1.165) is 11.1 Å². The van der Waals surface area contributed by atoms with Crippen molar-refractivity contribution in [2.75, 3.05) is 0 Å². The number of hydrogen-bond donors (Lipinski definition) is 1. The van der Waals surface area contributed by atoms with Gasteiger partial charge in [-0.3, -0.25) is 4.79 Å². The van der Waals surface area contributed by atoms with Crippen molar-refractivity contribution in [3.05, 3.63) is 87.4 Å². The number of nitrogens with zero attached hydrogens (tertiary/aromatic N) is 6. The van der Waals surface area contributed by atoms with Crippen molar-refractivity contribution < 1.29 is 9.90 Å². The van der Waals surface area contributed by atoms with Gasteiger partial charge in [0, 0.05) is 6.92 Å². The standard InChI is InChI=1S/C22H22N6O3/c1-14-5-11-20(12-6-14)28-22(31)27(17(4)26-28)23-13-18-7-9-19(10-8-18)24-25-21(15(2)29)16(3)30/h5-13,29H,1-4H3/b21-15-,23-13+,25-24?. The van der Waals surface area contributed by atoms with Gasteiger partial charge in [0.2, 0.25) is 0 Å². The van der Waals surface area contributed by atoms with Crippen molar-refractivity contribution in [1.29, 1.82) is 0 Å². The zero-order chi connectivity index (χ0) is 22.5. The summed E-state index contributed by atoms with van der Waals surface area (Å²) in [5, 5.41) is 25.7. The van der Waals surface area contributed by atoms with Crippen LogP contribution in [0.15, 0.2) is 80.1 Å². The number of allylic oxidation sites excluding steroid dienone is 2. The maximum Gasteiger partial charge on any atom is 0.371 e. The molecule has 0 radical (unpaired) electrons. The summed E-state index contributed by atoms with van der Waals surface area (Å²) in [5.74, 6) is -0.110. The Balaban J connectivity index is 1.80. The lowest BCUT2D eigenvalue weighted by Gasteiger charge is -1.99. The highest BCUT2D eigenvalue weighted by molar-refractivity contribution is 5.93. The lowest BCUT2D eigenvalue weighted by Crippen LogP contribution is -2.21. The number of benzene rings is 2. The molecule has 0 unspecified atom stereocenters. The lowest BCUT2D eigenvalue weighted by atomic mass is 10.2. The van der Waals surface area contributed by atoms with E-state index in [4.69, 9.17) is 0 Å². The number of carbonyl (C=O) groups excluding carboxylic acids is 1.